The molecular formula is C28H35BrClFN4O2. The van der Waals surface area contributed by atoms with Gasteiger partial charge in [0.2, 0.25) is 0 Å². The average molecular weight is 594 g/mol. The van der Waals surface area contributed by atoms with Crippen LogP contribution < -0.4 is 14.8 Å². The van der Waals surface area contributed by atoms with E-state index < -0.39 is 11.4 Å². The van der Waals surface area contributed by atoms with Crippen molar-refractivity contribution in [3.05, 3.63) is 39.9 Å². The predicted octanol–water partition coefficient (Wildman–Crippen LogP) is 6.90. The number of nitrogens with zero attached hydrogens (tertiary/aromatic N) is 3. The smallest absolute Gasteiger partial charge is 0.163 e. The molecule has 3 aliphatic rings. The highest BCUT2D eigenvalue weighted by Crippen LogP contribution is 2.44. The summed E-state index contributed by atoms with van der Waals surface area (Å²) in [5.41, 5.74) is -0.323. The summed E-state index contributed by atoms with van der Waals surface area (Å²) >= 11 is 9.49. The number of hydrogen-bond donors (Lipinski definition) is 1. The molecule has 0 radical (unpaired) electrons. The molecule has 0 bridgehead atoms. The molecule has 4 atom stereocenters. The van der Waals surface area contributed by atoms with E-state index in [-0.39, 0.29) is 5.03 Å². The van der Waals surface area contributed by atoms with Crippen molar-refractivity contribution < 1.29 is 13.9 Å². The summed E-state index contributed by atoms with van der Waals surface area (Å²) in [4.78, 5) is 11.5. The molecular weight excluding hydrogens is 559 g/mol. The molecule has 200 valence electrons. The van der Waals surface area contributed by atoms with Crippen LogP contribution in [-0.4, -0.2) is 53.8 Å². The van der Waals surface area contributed by atoms with E-state index in [1.54, 1.807) is 14.0 Å². The Balaban J connectivity index is 1.29. The Morgan fingerprint density at radius 1 is 1.22 bits per heavy atom. The van der Waals surface area contributed by atoms with E-state index >= 15 is 4.39 Å². The summed E-state index contributed by atoms with van der Waals surface area (Å²) in [6.07, 6.45) is 6.18. The number of benzene rings is 1. The zero-order valence-electron chi connectivity index (χ0n) is 21.9. The molecule has 2 heterocycles. The van der Waals surface area contributed by atoms with Crippen LogP contribution in [-0.2, 0) is 0 Å². The zero-order valence-corrected chi connectivity index (χ0v) is 24.2. The van der Waals surface area contributed by atoms with Crippen LogP contribution in [0.2, 0.25) is 0 Å². The third-order valence-corrected chi connectivity index (χ3v) is 9.23. The molecule has 37 heavy (non-hydrogen) atoms. The lowest BCUT2D eigenvalue weighted by Crippen LogP contribution is -2.37. The van der Waals surface area contributed by atoms with E-state index in [0.717, 1.165) is 23.1 Å². The molecule has 2 aliphatic carbocycles. The van der Waals surface area contributed by atoms with Crippen LogP contribution in [0.1, 0.15) is 40.0 Å². The highest BCUT2D eigenvalue weighted by Gasteiger charge is 2.41. The maximum Gasteiger partial charge on any atom is 0.163 e. The Morgan fingerprint density at radius 3 is 2.62 bits per heavy atom. The van der Waals surface area contributed by atoms with Crippen LogP contribution in [0.3, 0.4) is 0 Å². The first kappa shape index (κ1) is 26.7. The molecule has 1 aromatic heterocycles. The summed E-state index contributed by atoms with van der Waals surface area (Å²) in [6, 6.07) is 3.75. The lowest BCUT2D eigenvalue weighted by atomic mass is 9.91. The van der Waals surface area contributed by atoms with Crippen LogP contribution in [0.4, 0.5) is 10.2 Å². The summed E-state index contributed by atoms with van der Waals surface area (Å²) in [7, 11) is 1.63. The van der Waals surface area contributed by atoms with Gasteiger partial charge < -0.3 is 19.7 Å². The average Bonchev–Trinajstić information content (AvgIpc) is 3.41. The minimum absolute atomic E-state index is 0.0663. The molecule has 1 saturated carbocycles. The summed E-state index contributed by atoms with van der Waals surface area (Å²) in [6.45, 7) is 10.7. The molecule has 2 aromatic rings. The number of nitrogens with one attached hydrogen (secondary N) is 1. The number of allylic oxidation sites excluding steroid dienone is 2. The number of ether oxygens (including phenoxy) is 2. The van der Waals surface area contributed by atoms with Gasteiger partial charge in [0.05, 0.1) is 29.8 Å². The summed E-state index contributed by atoms with van der Waals surface area (Å²) in [5.74, 6) is 4.20. The monoisotopic (exact) mass is 592 g/mol. The second-order valence-electron chi connectivity index (χ2n) is 11.4. The van der Waals surface area contributed by atoms with Crippen molar-refractivity contribution >= 4 is 44.3 Å². The van der Waals surface area contributed by atoms with Gasteiger partial charge in [-0.05, 0) is 71.9 Å². The van der Waals surface area contributed by atoms with E-state index in [2.05, 4.69) is 50.0 Å². The fraction of sp³-hybridized carbons (Fsp3) is 0.571. The van der Waals surface area contributed by atoms with E-state index in [1.165, 1.54) is 38.8 Å². The minimum atomic E-state index is -1.02. The Bertz CT molecular complexity index is 1220. The van der Waals surface area contributed by atoms with Gasteiger partial charge in [0, 0.05) is 35.6 Å². The summed E-state index contributed by atoms with van der Waals surface area (Å²) < 4.78 is 27.7. The summed E-state index contributed by atoms with van der Waals surface area (Å²) in [5, 5.41) is 4.05. The van der Waals surface area contributed by atoms with Gasteiger partial charge >= 0.3 is 0 Å². The standard InChI is InChI=1S/C28H35BrClFN4O2/c1-16(2)11-35-12-18-7-17(8-19(18)13-35)14-37-24-10-22-20(9-23(24)36-4)27(33-15-32-22)34-28(3)6-5-21(29)25(30)26(28)31/h5,9-10,15-19H,6-8,11-14H2,1-4H3,(H,32,33,34)/t17?,18-,19+,28?. The highest BCUT2D eigenvalue weighted by atomic mass is 79.9. The number of rotatable bonds is 8. The number of likely N-dealkylation sites (tertiary alicyclic amines) is 1. The van der Waals surface area contributed by atoms with Gasteiger partial charge in [0.15, 0.2) is 11.5 Å². The van der Waals surface area contributed by atoms with Gasteiger partial charge in [-0.2, -0.15) is 0 Å². The molecule has 9 heteroatoms. The van der Waals surface area contributed by atoms with Crippen LogP contribution in [0.5, 0.6) is 11.5 Å². The normalized spacial score (nSPS) is 28.1. The fourth-order valence-corrected chi connectivity index (χ4v) is 6.78. The van der Waals surface area contributed by atoms with Gasteiger partial charge in [0.1, 0.15) is 18.0 Å². The molecule has 1 N–H and O–H groups in total. The molecule has 2 fully saturated rings. The van der Waals surface area contributed by atoms with E-state index in [9.17, 15) is 0 Å². The SMILES string of the molecule is COc1cc2c(NC3(C)CC=C(Br)C(Cl)=C3F)ncnc2cc1OCC1C[C@@H]2CN(CC(C)C)C[C@@H]2C1. The number of hydrogen-bond acceptors (Lipinski definition) is 6. The molecule has 6 nitrogen and oxygen atoms in total. The fourth-order valence-electron chi connectivity index (χ4n) is 6.15. The second kappa shape index (κ2) is 10.7. The first-order valence-electron chi connectivity index (χ1n) is 13.0. The van der Waals surface area contributed by atoms with E-state index in [0.29, 0.717) is 46.3 Å². The van der Waals surface area contributed by atoms with Gasteiger partial charge in [-0.1, -0.05) is 31.5 Å². The quantitative estimate of drug-likeness (QED) is 0.359. The van der Waals surface area contributed by atoms with Crippen molar-refractivity contribution in [2.75, 3.05) is 38.7 Å². The Labute approximate surface area is 231 Å². The minimum Gasteiger partial charge on any atom is -0.493 e. The second-order valence-corrected chi connectivity index (χ2v) is 12.6. The Kier molecular flexibility index (Phi) is 7.72. The number of methoxy groups -OCH3 is 1. The first-order valence-corrected chi connectivity index (χ1v) is 14.2. The number of aromatic nitrogens is 2. The van der Waals surface area contributed by atoms with Crippen LogP contribution in [0.15, 0.2) is 39.9 Å². The zero-order chi connectivity index (χ0) is 26.3. The molecule has 1 aromatic carbocycles. The van der Waals surface area contributed by atoms with Crippen LogP contribution in [0.25, 0.3) is 10.9 Å². The molecule has 5 rings (SSSR count). The Morgan fingerprint density at radius 2 is 1.95 bits per heavy atom. The largest absolute Gasteiger partial charge is 0.493 e. The lowest BCUT2D eigenvalue weighted by Gasteiger charge is -2.32. The topological polar surface area (TPSA) is 59.5 Å². The third kappa shape index (κ3) is 5.48. The van der Waals surface area contributed by atoms with Crippen molar-refractivity contribution in [3.63, 3.8) is 0 Å². The van der Waals surface area contributed by atoms with Crippen molar-refractivity contribution in [1.29, 1.82) is 0 Å². The van der Waals surface area contributed by atoms with Crippen molar-refractivity contribution in [3.8, 4) is 11.5 Å². The maximum atomic E-state index is 15.1. The van der Waals surface area contributed by atoms with Gasteiger partial charge in [-0.25, -0.2) is 14.4 Å². The van der Waals surface area contributed by atoms with Crippen molar-refractivity contribution in [2.45, 2.75) is 45.6 Å². The van der Waals surface area contributed by atoms with Crippen LogP contribution in [0, 0.1) is 23.7 Å². The number of halogens is 3. The molecule has 1 saturated heterocycles. The highest BCUT2D eigenvalue weighted by molar-refractivity contribution is 9.12. The lowest BCUT2D eigenvalue weighted by molar-refractivity contribution is 0.216. The van der Waals surface area contributed by atoms with Crippen LogP contribution >= 0.6 is 27.5 Å². The number of fused-ring (bicyclic) bond motifs is 2. The van der Waals surface area contributed by atoms with E-state index in [1.807, 2.05) is 18.2 Å². The third-order valence-electron chi connectivity index (χ3n) is 7.91. The van der Waals surface area contributed by atoms with Gasteiger partial charge in [-0.15, -0.1) is 0 Å². The maximum absolute atomic E-state index is 15.1. The van der Waals surface area contributed by atoms with Crippen molar-refractivity contribution in [1.82, 2.24) is 14.9 Å². The molecule has 0 amide bonds. The van der Waals surface area contributed by atoms with Gasteiger partial charge in [0.25, 0.3) is 0 Å². The molecule has 1 aliphatic heterocycles. The first-order chi connectivity index (χ1) is 17.7. The molecule has 2 unspecified atom stereocenters. The number of anilines is 1. The van der Waals surface area contributed by atoms with Gasteiger partial charge in [-0.3, -0.25) is 0 Å². The predicted molar refractivity (Wildman–Crippen MR) is 150 cm³/mol. The van der Waals surface area contributed by atoms with E-state index in [4.69, 9.17) is 21.1 Å². The molecule has 0 spiro atoms. The Hall–Kier alpha value is -1.90. The van der Waals surface area contributed by atoms with Crippen molar-refractivity contribution in [2.24, 2.45) is 23.7 Å².